The number of hydrogen-bond donors (Lipinski definition) is 1. The Morgan fingerprint density at radius 3 is 2.75 bits per heavy atom. The number of esters is 1. The van der Waals surface area contributed by atoms with Crippen molar-refractivity contribution in [2.24, 2.45) is 11.3 Å². The van der Waals surface area contributed by atoms with E-state index in [4.69, 9.17) is 4.74 Å². The first-order valence-corrected chi connectivity index (χ1v) is 6.48. The highest BCUT2D eigenvalue weighted by atomic mass is 16.5. The first-order chi connectivity index (χ1) is 7.60. The van der Waals surface area contributed by atoms with Crippen LogP contribution in [0, 0.1) is 11.3 Å². The van der Waals surface area contributed by atoms with Crippen LogP contribution in [0.1, 0.15) is 46.5 Å². The molecular formula is C13H25NO2. The SMILES string of the molecule is CCC1(C(=O)OCCC(C)C)CCCNC1. The molecule has 1 aliphatic heterocycles. The second-order valence-corrected chi connectivity index (χ2v) is 5.23. The van der Waals surface area contributed by atoms with Crippen molar-refractivity contribution < 1.29 is 9.53 Å². The standard InChI is InChI=1S/C13H25NO2/c1-4-13(7-5-8-14-10-13)12(15)16-9-6-11(2)3/h11,14H,4-10H2,1-3H3. The highest BCUT2D eigenvalue weighted by molar-refractivity contribution is 5.77. The van der Waals surface area contributed by atoms with Gasteiger partial charge in [0.05, 0.1) is 12.0 Å². The van der Waals surface area contributed by atoms with Gasteiger partial charge >= 0.3 is 5.97 Å². The monoisotopic (exact) mass is 227 g/mol. The predicted octanol–water partition coefficient (Wildman–Crippen LogP) is 2.36. The largest absolute Gasteiger partial charge is 0.465 e. The van der Waals surface area contributed by atoms with E-state index in [0.717, 1.165) is 38.8 Å². The molecule has 1 atom stereocenters. The first-order valence-electron chi connectivity index (χ1n) is 6.48. The molecule has 1 heterocycles. The van der Waals surface area contributed by atoms with E-state index in [9.17, 15) is 4.79 Å². The molecule has 1 unspecified atom stereocenters. The first kappa shape index (κ1) is 13.5. The molecule has 0 amide bonds. The molecular weight excluding hydrogens is 202 g/mol. The minimum absolute atomic E-state index is 0.00264. The fraction of sp³-hybridized carbons (Fsp3) is 0.923. The normalized spacial score (nSPS) is 25.8. The molecule has 1 saturated heterocycles. The molecule has 1 aliphatic rings. The summed E-state index contributed by atoms with van der Waals surface area (Å²) in [5.41, 5.74) is -0.255. The highest BCUT2D eigenvalue weighted by Gasteiger charge is 2.39. The van der Waals surface area contributed by atoms with Crippen molar-refractivity contribution in [1.82, 2.24) is 5.32 Å². The molecule has 0 radical (unpaired) electrons. The third-order valence-electron chi connectivity index (χ3n) is 3.51. The molecule has 1 fully saturated rings. The molecule has 3 nitrogen and oxygen atoms in total. The summed E-state index contributed by atoms with van der Waals surface area (Å²) in [5.74, 6) is 0.595. The van der Waals surface area contributed by atoms with Crippen LogP contribution in [0.3, 0.4) is 0 Å². The van der Waals surface area contributed by atoms with E-state index in [2.05, 4.69) is 26.1 Å². The molecule has 0 bridgehead atoms. The lowest BCUT2D eigenvalue weighted by molar-refractivity contribution is -0.157. The summed E-state index contributed by atoms with van der Waals surface area (Å²) in [6.07, 6.45) is 3.88. The maximum Gasteiger partial charge on any atom is 0.313 e. The van der Waals surface area contributed by atoms with E-state index in [0.29, 0.717) is 12.5 Å². The Bertz CT molecular complexity index is 220. The van der Waals surface area contributed by atoms with Gasteiger partial charge in [-0.2, -0.15) is 0 Å². The minimum Gasteiger partial charge on any atom is -0.465 e. The van der Waals surface area contributed by atoms with Crippen molar-refractivity contribution in [3.63, 3.8) is 0 Å². The number of rotatable bonds is 5. The van der Waals surface area contributed by atoms with Gasteiger partial charge in [0.1, 0.15) is 0 Å². The van der Waals surface area contributed by atoms with Crippen LogP contribution in [0.25, 0.3) is 0 Å². The molecule has 94 valence electrons. The van der Waals surface area contributed by atoms with E-state index in [1.807, 2.05) is 0 Å². The second-order valence-electron chi connectivity index (χ2n) is 5.23. The average molecular weight is 227 g/mol. The third-order valence-corrected chi connectivity index (χ3v) is 3.51. The average Bonchev–Trinajstić information content (AvgIpc) is 2.29. The maximum atomic E-state index is 12.1. The summed E-state index contributed by atoms with van der Waals surface area (Å²) < 4.78 is 5.41. The zero-order valence-corrected chi connectivity index (χ0v) is 10.8. The Morgan fingerprint density at radius 1 is 1.50 bits per heavy atom. The molecule has 16 heavy (non-hydrogen) atoms. The van der Waals surface area contributed by atoms with Gasteiger partial charge in [-0.25, -0.2) is 0 Å². The van der Waals surface area contributed by atoms with Gasteiger partial charge in [0, 0.05) is 6.54 Å². The quantitative estimate of drug-likeness (QED) is 0.733. The molecule has 0 aromatic heterocycles. The molecule has 1 N–H and O–H groups in total. The van der Waals surface area contributed by atoms with Gasteiger partial charge in [0.2, 0.25) is 0 Å². The predicted molar refractivity (Wildman–Crippen MR) is 65.2 cm³/mol. The summed E-state index contributed by atoms with van der Waals surface area (Å²) in [6, 6.07) is 0. The van der Waals surface area contributed by atoms with Crippen LogP contribution in [0.15, 0.2) is 0 Å². The lowest BCUT2D eigenvalue weighted by atomic mass is 9.78. The van der Waals surface area contributed by atoms with Crippen molar-refractivity contribution >= 4 is 5.97 Å². The molecule has 0 aliphatic carbocycles. The topological polar surface area (TPSA) is 38.3 Å². The van der Waals surface area contributed by atoms with Gasteiger partial charge in [-0.1, -0.05) is 20.8 Å². The summed E-state index contributed by atoms with van der Waals surface area (Å²) >= 11 is 0. The van der Waals surface area contributed by atoms with Crippen molar-refractivity contribution in [3.05, 3.63) is 0 Å². The van der Waals surface area contributed by atoms with E-state index in [1.54, 1.807) is 0 Å². The number of piperidine rings is 1. The van der Waals surface area contributed by atoms with E-state index >= 15 is 0 Å². The van der Waals surface area contributed by atoms with Crippen LogP contribution in [0.5, 0.6) is 0 Å². The van der Waals surface area contributed by atoms with Crippen molar-refractivity contribution in [1.29, 1.82) is 0 Å². The van der Waals surface area contributed by atoms with Gasteiger partial charge in [-0.3, -0.25) is 4.79 Å². The van der Waals surface area contributed by atoms with Crippen molar-refractivity contribution in [3.8, 4) is 0 Å². The Morgan fingerprint density at radius 2 is 2.25 bits per heavy atom. The number of hydrogen-bond acceptors (Lipinski definition) is 3. The van der Waals surface area contributed by atoms with E-state index in [-0.39, 0.29) is 11.4 Å². The number of carbonyl (C=O) groups excluding carboxylic acids is 1. The van der Waals surface area contributed by atoms with Gasteiger partial charge < -0.3 is 10.1 Å². The minimum atomic E-state index is -0.255. The van der Waals surface area contributed by atoms with Gasteiger partial charge in [0.15, 0.2) is 0 Å². The van der Waals surface area contributed by atoms with Crippen molar-refractivity contribution in [2.45, 2.75) is 46.5 Å². The number of carbonyl (C=O) groups is 1. The molecule has 0 spiro atoms. The molecule has 0 saturated carbocycles. The third kappa shape index (κ3) is 3.48. The Labute approximate surface area is 98.9 Å². The Balaban J connectivity index is 2.42. The smallest absolute Gasteiger partial charge is 0.313 e. The molecule has 0 aromatic rings. The fourth-order valence-electron chi connectivity index (χ4n) is 2.13. The molecule has 3 heteroatoms. The summed E-state index contributed by atoms with van der Waals surface area (Å²) in [7, 11) is 0. The van der Waals surface area contributed by atoms with Gasteiger partial charge in [0.25, 0.3) is 0 Å². The van der Waals surface area contributed by atoms with Crippen LogP contribution in [-0.2, 0) is 9.53 Å². The zero-order valence-electron chi connectivity index (χ0n) is 10.8. The molecule has 1 rings (SSSR count). The Hall–Kier alpha value is -0.570. The lowest BCUT2D eigenvalue weighted by Gasteiger charge is -2.34. The van der Waals surface area contributed by atoms with Crippen LogP contribution in [0.2, 0.25) is 0 Å². The Kier molecular flexibility index (Phi) is 5.26. The fourth-order valence-corrected chi connectivity index (χ4v) is 2.13. The van der Waals surface area contributed by atoms with Gasteiger partial charge in [-0.15, -0.1) is 0 Å². The summed E-state index contributed by atoms with van der Waals surface area (Å²) in [4.78, 5) is 12.1. The van der Waals surface area contributed by atoms with E-state index < -0.39 is 0 Å². The summed E-state index contributed by atoms with van der Waals surface area (Å²) in [5, 5.41) is 3.31. The lowest BCUT2D eigenvalue weighted by Crippen LogP contribution is -2.46. The van der Waals surface area contributed by atoms with Crippen LogP contribution in [0.4, 0.5) is 0 Å². The van der Waals surface area contributed by atoms with Crippen LogP contribution < -0.4 is 5.32 Å². The summed E-state index contributed by atoms with van der Waals surface area (Å²) in [6.45, 7) is 8.75. The second kappa shape index (κ2) is 6.24. The number of ether oxygens (including phenoxy) is 1. The van der Waals surface area contributed by atoms with Gasteiger partial charge in [-0.05, 0) is 38.1 Å². The number of nitrogens with one attached hydrogen (secondary N) is 1. The zero-order chi connectivity index (χ0) is 12.0. The van der Waals surface area contributed by atoms with Crippen molar-refractivity contribution in [2.75, 3.05) is 19.7 Å². The maximum absolute atomic E-state index is 12.1. The van der Waals surface area contributed by atoms with Crippen LogP contribution >= 0.6 is 0 Å². The van der Waals surface area contributed by atoms with E-state index in [1.165, 1.54) is 0 Å². The van der Waals surface area contributed by atoms with Crippen LogP contribution in [-0.4, -0.2) is 25.7 Å². The highest BCUT2D eigenvalue weighted by Crippen LogP contribution is 2.31. The molecule has 0 aromatic carbocycles.